The molecule has 1 aliphatic rings. The number of hydrogen-bond acceptors (Lipinski definition) is 2. The number of thioether (sulfide) groups is 2. The summed E-state index contributed by atoms with van der Waals surface area (Å²) in [6.45, 7) is 4.65. The topological polar surface area (TPSA) is 0 Å². The van der Waals surface area contributed by atoms with E-state index in [4.69, 9.17) is 0 Å². The summed E-state index contributed by atoms with van der Waals surface area (Å²) < 4.78 is 0.605. The molecular weight excluding hydrogens is 196 g/mol. The van der Waals surface area contributed by atoms with Crippen LogP contribution < -0.4 is 0 Å². The first-order valence-electron chi connectivity index (χ1n) is 5.61. The molecule has 1 saturated heterocycles. The predicted octanol–water partition coefficient (Wildman–Crippen LogP) is 4.54. The van der Waals surface area contributed by atoms with E-state index in [1.807, 2.05) is 0 Å². The predicted molar refractivity (Wildman–Crippen MR) is 66.7 cm³/mol. The number of unbranched alkanes of at least 4 members (excludes halogenated alkanes) is 2. The van der Waals surface area contributed by atoms with Gasteiger partial charge in [0.1, 0.15) is 0 Å². The highest BCUT2D eigenvalue weighted by Crippen LogP contribution is 2.47. The highest BCUT2D eigenvalue weighted by molar-refractivity contribution is 8.18. The lowest BCUT2D eigenvalue weighted by Crippen LogP contribution is -2.24. The fourth-order valence-corrected chi connectivity index (χ4v) is 5.11. The molecule has 0 aromatic carbocycles. The lowest BCUT2D eigenvalue weighted by atomic mass is 10.1. The van der Waals surface area contributed by atoms with E-state index in [0.29, 0.717) is 4.08 Å². The Morgan fingerprint density at radius 3 is 2.31 bits per heavy atom. The van der Waals surface area contributed by atoms with Gasteiger partial charge in [-0.3, -0.25) is 0 Å². The summed E-state index contributed by atoms with van der Waals surface area (Å²) >= 11 is 4.45. The van der Waals surface area contributed by atoms with Gasteiger partial charge in [-0.25, -0.2) is 0 Å². The van der Waals surface area contributed by atoms with Crippen LogP contribution in [0, 0.1) is 0 Å². The van der Waals surface area contributed by atoms with Crippen molar-refractivity contribution in [3.8, 4) is 0 Å². The molecule has 1 heterocycles. The van der Waals surface area contributed by atoms with E-state index in [9.17, 15) is 0 Å². The van der Waals surface area contributed by atoms with Crippen molar-refractivity contribution in [3.05, 3.63) is 0 Å². The molecule has 0 amide bonds. The maximum Gasteiger partial charge on any atom is 0.0608 e. The van der Waals surface area contributed by atoms with Gasteiger partial charge in [-0.2, -0.15) is 0 Å². The van der Waals surface area contributed by atoms with Gasteiger partial charge in [0, 0.05) is 0 Å². The van der Waals surface area contributed by atoms with E-state index in [2.05, 4.69) is 37.4 Å². The molecule has 0 unspecified atom stereocenters. The first-order valence-corrected chi connectivity index (χ1v) is 7.58. The maximum atomic E-state index is 2.36. The fraction of sp³-hybridized carbons (Fsp3) is 1.00. The van der Waals surface area contributed by atoms with Crippen LogP contribution >= 0.6 is 23.5 Å². The van der Waals surface area contributed by atoms with E-state index in [1.165, 1.54) is 50.0 Å². The Balaban J connectivity index is 2.29. The normalized spacial score (nSPS) is 21.7. The molecule has 0 nitrogen and oxygen atoms in total. The molecule has 78 valence electrons. The summed E-state index contributed by atoms with van der Waals surface area (Å²) in [7, 11) is 0. The van der Waals surface area contributed by atoms with Crippen LogP contribution in [0.25, 0.3) is 0 Å². The number of hydrogen-bond donors (Lipinski definition) is 0. The maximum absolute atomic E-state index is 2.36. The van der Waals surface area contributed by atoms with E-state index in [1.54, 1.807) is 0 Å². The Morgan fingerprint density at radius 1 is 1.08 bits per heavy atom. The molecule has 0 aromatic heterocycles. The molecule has 1 fully saturated rings. The second-order valence-electron chi connectivity index (χ2n) is 3.77. The molecule has 0 aromatic rings. The van der Waals surface area contributed by atoms with Crippen LogP contribution in [-0.4, -0.2) is 15.6 Å². The second kappa shape index (κ2) is 6.23. The van der Waals surface area contributed by atoms with Crippen LogP contribution in [0.3, 0.4) is 0 Å². The number of rotatable bonds is 5. The average Bonchev–Trinajstić information content (AvgIpc) is 2.20. The standard InChI is InChI=1S/C11H22S2/c1-3-5-6-8-11(4-2)12-9-7-10-13-11/h3-10H2,1-2H3. The SMILES string of the molecule is CCCCCC1(CC)SCCCS1. The molecule has 0 saturated carbocycles. The third-order valence-corrected chi connectivity index (χ3v) is 6.45. The summed E-state index contributed by atoms with van der Waals surface area (Å²) in [6.07, 6.45) is 8.42. The van der Waals surface area contributed by atoms with Crippen molar-refractivity contribution >= 4 is 23.5 Å². The summed E-state index contributed by atoms with van der Waals surface area (Å²) in [5.74, 6) is 2.79. The van der Waals surface area contributed by atoms with Gasteiger partial charge in [0.2, 0.25) is 0 Å². The van der Waals surface area contributed by atoms with E-state index in [0.717, 1.165) is 0 Å². The Labute approximate surface area is 91.6 Å². The van der Waals surface area contributed by atoms with Crippen molar-refractivity contribution in [3.63, 3.8) is 0 Å². The van der Waals surface area contributed by atoms with Crippen molar-refractivity contribution in [1.29, 1.82) is 0 Å². The Morgan fingerprint density at radius 2 is 1.77 bits per heavy atom. The van der Waals surface area contributed by atoms with Gasteiger partial charge >= 0.3 is 0 Å². The lowest BCUT2D eigenvalue weighted by Gasteiger charge is -2.35. The summed E-state index contributed by atoms with van der Waals surface area (Å²) in [6, 6.07) is 0. The van der Waals surface area contributed by atoms with Gasteiger partial charge < -0.3 is 0 Å². The first kappa shape index (κ1) is 11.8. The van der Waals surface area contributed by atoms with Crippen LogP contribution in [0.1, 0.15) is 52.4 Å². The van der Waals surface area contributed by atoms with E-state index < -0.39 is 0 Å². The average molecular weight is 218 g/mol. The Hall–Kier alpha value is 0.700. The minimum atomic E-state index is 0.605. The molecule has 0 atom stereocenters. The minimum absolute atomic E-state index is 0.605. The molecule has 2 heteroatoms. The monoisotopic (exact) mass is 218 g/mol. The van der Waals surface area contributed by atoms with Crippen LogP contribution in [-0.2, 0) is 0 Å². The zero-order valence-corrected chi connectivity index (χ0v) is 10.6. The third-order valence-electron chi connectivity index (χ3n) is 2.72. The van der Waals surface area contributed by atoms with E-state index >= 15 is 0 Å². The molecule has 0 radical (unpaired) electrons. The Bertz CT molecular complexity index is 128. The molecule has 0 spiro atoms. The summed E-state index contributed by atoms with van der Waals surface area (Å²) in [5, 5.41) is 0. The molecule has 1 aliphatic heterocycles. The van der Waals surface area contributed by atoms with Gasteiger partial charge in [-0.1, -0.05) is 33.1 Å². The van der Waals surface area contributed by atoms with Gasteiger partial charge in [0.25, 0.3) is 0 Å². The van der Waals surface area contributed by atoms with Gasteiger partial charge in [0.05, 0.1) is 4.08 Å². The second-order valence-corrected chi connectivity index (χ2v) is 6.99. The van der Waals surface area contributed by atoms with Crippen molar-refractivity contribution in [1.82, 2.24) is 0 Å². The zero-order valence-electron chi connectivity index (χ0n) is 8.97. The summed E-state index contributed by atoms with van der Waals surface area (Å²) in [5.41, 5.74) is 0. The third kappa shape index (κ3) is 3.75. The van der Waals surface area contributed by atoms with Crippen molar-refractivity contribution in [2.75, 3.05) is 11.5 Å². The molecule has 13 heavy (non-hydrogen) atoms. The highest BCUT2D eigenvalue weighted by atomic mass is 32.2. The van der Waals surface area contributed by atoms with Gasteiger partial charge in [-0.15, -0.1) is 23.5 Å². The molecule has 0 bridgehead atoms. The fourth-order valence-electron chi connectivity index (χ4n) is 1.79. The van der Waals surface area contributed by atoms with Crippen molar-refractivity contribution in [2.45, 2.75) is 56.5 Å². The van der Waals surface area contributed by atoms with Gasteiger partial charge in [-0.05, 0) is 30.8 Å². The quantitative estimate of drug-likeness (QED) is 0.621. The minimum Gasteiger partial charge on any atom is -0.144 e. The van der Waals surface area contributed by atoms with Crippen molar-refractivity contribution < 1.29 is 0 Å². The van der Waals surface area contributed by atoms with Gasteiger partial charge in [0.15, 0.2) is 0 Å². The van der Waals surface area contributed by atoms with E-state index in [-0.39, 0.29) is 0 Å². The zero-order chi connectivity index (χ0) is 9.57. The summed E-state index contributed by atoms with van der Waals surface area (Å²) in [4.78, 5) is 0. The van der Waals surface area contributed by atoms with Crippen LogP contribution in [0.2, 0.25) is 0 Å². The lowest BCUT2D eigenvalue weighted by molar-refractivity contribution is 0.606. The Kier molecular flexibility index (Phi) is 5.65. The van der Waals surface area contributed by atoms with Crippen LogP contribution in [0.15, 0.2) is 0 Å². The van der Waals surface area contributed by atoms with Crippen LogP contribution in [0.4, 0.5) is 0 Å². The molecule has 1 rings (SSSR count). The smallest absolute Gasteiger partial charge is 0.0608 e. The first-order chi connectivity index (χ1) is 6.33. The largest absolute Gasteiger partial charge is 0.144 e. The van der Waals surface area contributed by atoms with Crippen LogP contribution in [0.5, 0.6) is 0 Å². The molecular formula is C11H22S2. The molecule has 0 aliphatic carbocycles. The highest BCUT2D eigenvalue weighted by Gasteiger charge is 2.30. The van der Waals surface area contributed by atoms with Crippen molar-refractivity contribution in [2.24, 2.45) is 0 Å². The molecule has 0 N–H and O–H groups in total.